The van der Waals surface area contributed by atoms with Crippen molar-refractivity contribution in [1.82, 2.24) is 10.6 Å². The molecule has 3 rings (SSSR count). The van der Waals surface area contributed by atoms with Gasteiger partial charge in [-0.05, 0) is 34.4 Å². The molecule has 1 aromatic heterocycles. The first-order valence-corrected chi connectivity index (χ1v) is 9.10. The van der Waals surface area contributed by atoms with Crippen molar-refractivity contribution in [2.75, 3.05) is 0 Å². The van der Waals surface area contributed by atoms with Gasteiger partial charge in [-0.25, -0.2) is 0 Å². The van der Waals surface area contributed by atoms with Crippen LogP contribution in [-0.4, -0.2) is 17.9 Å². The molecule has 1 unspecified atom stereocenters. The van der Waals surface area contributed by atoms with Crippen LogP contribution in [0, 0.1) is 5.92 Å². The van der Waals surface area contributed by atoms with Crippen LogP contribution in [0.3, 0.4) is 0 Å². The molecule has 27 heavy (non-hydrogen) atoms. The second-order valence-corrected chi connectivity index (χ2v) is 6.90. The van der Waals surface area contributed by atoms with Crippen LogP contribution in [0.1, 0.15) is 25.2 Å². The van der Waals surface area contributed by atoms with Gasteiger partial charge in [0.05, 0.1) is 19.2 Å². The summed E-state index contributed by atoms with van der Waals surface area (Å²) in [7, 11) is 0. The Morgan fingerprint density at radius 1 is 1.00 bits per heavy atom. The zero-order valence-corrected chi connectivity index (χ0v) is 15.6. The molecule has 1 atom stereocenters. The molecule has 5 nitrogen and oxygen atoms in total. The molecular weight excluding hydrogens is 340 g/mol. The zero-order valence-electron chi connectivity index (χ0n) is 15.6. The standard InChI is InChI=1S/C22H24N2O3/c1-15(2)21(22(26)23-14-18-10-6-12-27-18)24-20(25)13-17-9-5-8-16-7-3-4-11-19(16)17/h3-12,15,21H,13-14H2,1-2H3,(H,23,26)(H,24,25). The van der Waals surface area contributed by atoms with Gasteiger partial charge < -0.3 is 15.1 Å². The van der Waals surface area contributed by atoms with E-state index in [4.69, 9.17) is 4.42 Å². The highest BCUT2D eigenvalue weighted by molar-refractivity contribution is 5.92. The minimum absolute atomic E-state index is 0.0296. The molecular formula is C22H24N2O3. The van der Waals surface area contributed by atoms with E-state index in [2.05, 4.69) is 10.6 Å². The highest BCUT2D eigenvalue weighted by atomic mass is 16.3. The summed E-state index contributed by atoms with van der Waals surface area (Å²) in [5, 5.41) is 7.85. The minimum atomic E-state index is -0.595. The number of hydrogen-bond donors (Lipinski definition) is 2. The quantitative estimate of drug-likeness (QED) is 0.675. The molecule has 2 N–H and O–H groups in total. The van der Waals surface area contributed by atoms with Crippen LogP contribution in [0.2, 0.25) is 0 Å². The smallest absolute Gasteiger partial charge is 0.243 e. The summed E-state index contributed by atoms with van der Waals surface area (Å²) in [5.74, 6) is 0.261. The van der Waals surface area contributed by atoms with Gasteiger partial charge in [-0.1, -0.05) is 56.3 Å². The molecule has 0 aliphatic rings. The van der Waals surface area contributed by atoms with Crippen LogP contribution < -0.4 is 10.6 Å². The highest BCUT2D eigenvalue weighted by Gasteiger charge is 2.24. The maximum absolute atomic E-state index is 12.6. The summed E-state index contributed by atoms with van der Waals surface area (Å²) in [6.45, 7) is 4.12. The number of amides is 2. The number of fused-ring (bicyclic) bond motifs is 1. The number of benzene rings is 2. The number of carbonyl (C=O) groups is 2. The summed E-state index contributed by atoms with van der Waals surface area (Å²) in [5.41, 5.74) is 0.948. The van der Waals surface area contributed by atoms with Gasteiger partial charge in [-0.3, -0.25) is 9.59 Å². The Kier molecular flexibility index (Phi) is 5.91. The molecule has 0 spiro atoms. The second-order valence-electron chi connectivity index (χ2n) is 6.90. The lowest BCUT2D eigenvalue weighted by Gasteiger charge is -2.21. The Hall–Kier alpha value is -3.08. The fourth-order valence-electron chi connectivity index (χ4n) is 3.08. The second kappa shape index (κ2) is 8.54. The lowest BCUT2D eigenvalue weighted by Crippen LogP contribution is -2.49. The summed E-state index contributed by atoms with van der Waals surface area (Å²) in [6.07, 6.45) is 1.80. The lowest BCUT2D eigenvalue weighted by atomic mass is 10.0. The third kappa shape index (κ3) is 4.76. The number of hydrogen-bond acceptors (Lipinski definition) is 3. The van der Waals surface area contributed by atoms with Crippen LogP contribution in [0.25, 0.3) is 10.8 Å². The van der Waals surface area contributed by atoms with Crippen molar-refractivity contribution in [3.8, 4) is 0 Å². The number of carbonyl (C=O) groups excluding carboxylic acids is 2. The van der Waals surface area contributed by atoms with Crippen LogP contribution in [0.15, 0.2) is 65.3 Å². The Balaban J connectivity index is 1.65. The van der Waals surface area contributed by atoms with Crippen LogP contribution in [0.4, 0.5) is 0 Å². The van der Waals surface area contributed by atoms with Gasteiger partial charge >= 0.3 is 0 Å². The van der Waals surface area contributed by atoms with E-state index in [1.54, 1.807) is 18.4 Å². The maximum atomic E-state index is 12.6. The Morgan fingerprint density at radius 2 is 1.78 bits per heavy atom. The number of furan rings is 1. The van der Waals surface area contributed by atoms with Gasteiger partial charge in [-0.15, -0.1) is 0 Å². The molecule has 3 aromatic rings. The van der Waals surface area contributed by atoms with E-state index in [-0.39, 0.29) is 24.2 Å². The van der Waals surface area contributed by atoms with Crippen LogP contribution in [0.5, 0.6) is 0 Å². The van der Waals surface area contributed by atoms with Gasteiger partial charge in [0.15, 0.2) is 0 Å². The molecule has 1 heterocycles. The van der Waals surface area contributed by atoms with E-state index in [9.17, 15) is 9.59 Å². The molecule has 0 radical (unpaired) electrons. The summed E-state index contributed by atoms with van der Waals surface area (Å²) in [4.78, 5) is 25.1. The highest BCUT2D eigenvalue weighted by Crippen LogP contribution is 2.19. The molecule has 2 aromatic carbocycles. The topological polar surface area (TPSA) is 71.3 Å². The number of nitrogens with one attached hydrogen (secondary N) is 2. The van der Waals surface area contributed by atoms with Gasteiger partial charge in [0, 0.05) is 0 Å². The van der Waals surface area contributed by atoms with Crippen LogP contribution in [-0.2, 0) is 22.6 Å². The first-order valence-electron chi connectivity index (χ1n) is 9.10. The van der Waals surface area contributed by atoms with Gasteiger partial charge in [-0.2, -0.15) is 0 Å². The molecule has 0 aliphatic heterocycles. The first-order chi connectivity index (χ1) is 13.0. The largest absolute Gasteiger partial charge is 0.467 e. The lowest BCUT2D eigenvalue weighted by molar-refractivity contribution is -0.129. The Morgan fingerprint density at radius 3 is 2.52 bits per heavy atom. The predicted molar refractivity (Wildman–Crippen MR) is 105 cm³/mol. The monoisotopic (exact) mass is 364 g/mol. The van der Waals surface area contributed by atoms with Crippen LogP contribution >= 0.6 is 0 Å². The summed E-state index contributed by atoms with van der Waals surface area (Å²) < 4.78 is 5.22. The summed E-state index contributed by atoms with van der Waals surface area (Å²) in [6, 6.07) is 16.9. The third-order valence-electron chi connectivity index (χ3n) is 4.51. The van der Waals surface area contributed by atoms with E-state index >= 15 is 0 Å². The molecule has 0 aliphatic carbocycles. The first kappa shape index (κ1) is 18.7. The van der Waals surface area contributed by atoms with Crippen molar-refractivity contribution in [2.24, 2.45) is 5.92 Å². The molecule has 140 valence electrons. The van der Waals surface area contributed by atoms with Crippen molar-refractivity contribution in [3.63, 3.8) is 0 Å². The van der Waals surface area contributed by atoms with Crippen molar-refractivity contribution in [1.29, 1.82) is 0 Å². The van der Waals surface area contributed by atoms with E-state index in [0.717, 1.165) is 16.3 Å². The van der Waals surface area contributed by atoms with Crippen molar-refractivity contribution < 1.29 is 14.0 Å². The van der Waals surface area contributed by atoms with E-state index in [1.807, 2.05) is 56.3 Å². The molecule has 0 saturated carbocycles. The fraction of sp³-hybridized carbons (Fsp3) is 0.273. The minimum Gasteiger partial charge on any atom is -0.467 e. The molecule has 2 amide bonds. The molecule has 5 heteroatoms. The molecule has 0 saturated heterocycles. The summed E-state index contributed by atoms with van der Waals surface area (Å²) >= 11 is 0. The van der Waals surface area contributed by atoms with Gasteiger partial charge in [0.2, 0.25) is 11.8 Å². The van der Waals surface area contributed by atoms with E-state index in [0.29, 0.717) is 12.3 Å². The van der Waals surface area contributed by atoms with Crippen molar-refractivity contribution >= 4 is 22.6 Å². The van der Waals surface area contributed by atoms with E-state index in [1.165, 1.54) is 0 Å². The SMILES string of the molecule is CC(C)C(NC(=O)Cc1cccc2ccccc12)C(=O)NCc1ccco1. The van der Waals surface area contributed by atoms with Gasteiger partial charge in [0.1, 0.15) is 11.8 Å². The van der Waals surface area contributed by atoms with Gasteiger partial charge in [0.25, 0.3) is 0 Å². The molecule has 0 bridgehead atoms. The average Bonchev–Trinajstić information content (AvgIpc) is 3.18. The Labute approximate surface area is 158 Å². The predicted octanol–water partition coefficient (Wildman–Crippen LogP) is 3.43. The normalized spacial score (nSPS) is 12.1. The third-order valence-corrected chi connectivity index (χ3v) is 4.51. The maximum Gasteiger partial charge on any atom is 0.243 e. The average molecular weight is 364 g/mol. The number of rotatable bonds is 7. The van der Waals surface area contributed by atoms with Crippen molar-refractivity contribution in [2.45, 2.75) is 32.9 Å². The van der Waals surface area contributed by atoms with E-state index < -0.39 is 6.04 Å². The zero-order chi connectivity index (χ0) is 19.2. The fourth-order valence-corrected chi connectivity index (χ4v) is 3.08. The Bertz CT molecular complexity index is 911. The molecule has 0 fully saturated rings. The van der Waals surface area contributed by atoms with Crippen molar-refractivity contribution in [3.05, 3.63) is 72.2 Å².